The third-order valence-corrected chi connectivity index (χ3v) is 2.12. The number of aliphatic hydroxyl groups excluding tert-OH is 1. The number of rotatable bonds is 4. The van der Waals surface area contributed by atoms with Gasteiger partial charge in [-0.05, 0) is 6.92 Å². The molecule has 0 saturated carbocycles. The first kappa shape index (κ1) is 11.4. The Morgan fingerprint density at radius 1 is 1.67 bits per heavy atom. The number of carboxylic acid groups (broad SMARTS) is 1. The SMILES string of the molecule is C[C@H]([C@H](N)C(=O)O)C(C)(O)CO. The average molecular weight is 177 g/mol. The van der Waals surface area contributed by atoms with Crippen molar-refractivity contribution < 1.29 is 20.1 Å². The van der Waals surface area contributed by atoms with Crippen LogP contribution in [0.5, 0.6) is 0 Å². The highest BCUT2D eigenvalue weighted by atomic mass is 16.4. The van der Waals surface area contributed by atoms with Crippen LogP contribution in [0, 0.1) is 5.92 Å². The Bertz CT molecular complexity index is 169. The summed E-state index contributed by atoms with van der Waals surface area (Å²) in [5.74, 6) is -1.88. The highest BCUT2D eigenvalue weighted by Gasteiger charge is 2.35. The van der Waals surface area contributed by atoms with Gasteiger partial charge in [0.25, 0.3) is 0 Å². The lowest BCUT2D eigenvalue weighted by atomic mass is 9.86. The van der Waals surface area contributed by atoms with Gasteiger partial charge in [-0.1, -0.05) is 6.92 Å². The molecule has 5 nitrogen and oxygen atoms in total. The molecule has 0 aromatic rings. The molecule has 0 rings (SSSR count). The standard InChI is InChI=1S/C7H15NO4/c1-4(5(8)6(10)11)7(2,12)3-9/h4-5,9,12H,3,8H2,1-2H3,(H,10,11)/t4-,5+,7?/m1/s1. The fraction of sp³-hybridized carbons (Fsp3) is 0.857. The van der Waals surface area contributed by atoms with Crippen LogP contribution in [0.2, 0.25) is 0 Å². The molecule has 72 valence electrons. The smallest absolute Gasteiger partial charge is 0.320 e. The summed E-state index contributed by atoms with van der Waals surface area (Å²) >= 11 is 0. The molecule has 5 N–H and O–H groups in total. The van der Waals surface area contributed by atoms with Gasteiger partial charge >= 0.3 is 5.97 Å². The Balaban J connectivity index is 4.37. The molecule has 0 amide bonds. The number of hydrogen-bond donors (Lipinski definition) is 4. The summed E-state index contributed by atoms with van der Waals surface area (Å²) in [5, 5.41) is 26.6. The first-order chi connectivity index (χ1) is 5.33. The van der Waals surface area contributed by atoms with Crippen LogP contribution in [0.15, 0.2) is 0 Å². The molecular formula is C7H15NO4. The zero-order valence-corrected chi connectivity index (χ0v) is 7.19. The first-order valence-corrected chi connectivity index (χ1v) is 3.64. The number of carbonyl (C=O) groups is 1. The van der Waals surface area contributed by atoms with Gasteiger partial charge in [0.2, 0.25) is 0 Å². The molecule has 0 bridgehead atoms. The van der Waals surface area contributed by atoms with Crippen LogP contribution in [0.25, 0.3) is 0 Å². The molecular weight excluding hydrogens is 162 g/mol. The third kappa shape index (κ3) is 2.44. The summed E-state index contributed by atoms with van der Waals surface area (Å²) in [6.07, 6.45) is 0. The van der Waals surface area contributed by atoms with E-state index in [1.165, 1.54) is 13.8 Å². The third-order valence-electron chi connectivity index (χ3n) is 2.12. The molecule has 5 heteroatoms. The number of aliphatic hydroxyl groups is 2. The van der Waals surface area contributed by atoms with Crippen LogP contribution in [-0.4, -0.2) is 39.5 Å². The van der Waals surface area contributed by atoms with Crippen molar-refractivity contribution in [2.24, 2.45) is 11.7 Å². The number of aliphatic carboxylic acids is 1. The van der Waals surface area contributed by atoms with Crippen molar-refractivity contribution in [1.29, 1.82) is 0 Å². The summed E-state index contributed by atoms with van der Waals surface area (Å²) in [4.78, 5) is 10.4. The van der Waals surface area contributed by atoms with E-state index in [1.54, 1.807) is 0 Å². The fourth-order valence-corrected chi connectivity index (χ4v) is 0.745. The number of nitrogens with two attached hydrogens (primary N) is 1. The lowest BCUT2D eigenvalue weighted by Crippen LogP contribution is -2.50. The second-order valence-corrected chi connectivity index (χ2v) is 3.17. The van der Waals surface area contributed by atoms with E-state index < -0.39 is 30.1 Å². The molecule has 3 atom stereocenters. The van der Waals surface area contributed by atoms with Gasteiger partial charge in [-0.15, -0.1) is 0 Å². The zero-order chi connectivity index (χ0) is 9.94. The van der Waals surface area contributed by atoms with Crippen molar-refractivity contribution in [3.05, 3.63) is 0 Å². The van der Waals surface area contributed by atoms with E-state index in [1.807, 2.05) is 0 Å². The van der Waals surface area contributed by atoms with E-state index in [9.17, 15) is 9.90 Å². The minimum absolute atomic E-state index is 0.505. The summed E-state index contributed by atoms with van der Waals surface area (Å²) < 4.78 is 0. The normalized spacial score (nSPS) is 21.1. The lowest BCUT2D eigenvalue weighted by molar-refractivity contribution is -0.143. The van der Waals surface area contributed by atoms with Gasteiger partial charge in [0.05, 0.1) is 12.2 Å². The van der Waals surface area contributed by atoms with E-state index in [-0.39, 0.29) is 0 Å². The largest absolute Gasteiger partial charge is 0.480 e. The molecule has 0 fully saturated rings. The maximum Gasteiger partial charge on any atom is 0.320 e. The van der Waals surface area contributed by atoms with E-state index in [0.29, 0.717) is 0 Å². The molecule has 0 aliphatic rings. The van der Waals surface area contributed by atoms with E-state index >= 15 is 0 Å². The van der Waals surface area contributed by atoms with E-state index in [0.717, 1.165) is 0 Å². The molecule has 0 aromatic carbocycles. The summed E-state index contributed by atoms with van der Waals surface area (Å²) in [7, 11) is 0. The van der Waals surface area contributed by atoms with Crippen LogP contribution in [0.3, 0.4) is 0 Å². The number of carboxylic acids is 1. The van der Waals surface area contributed by atoms with Gasteiger partial charge in [-0.25, -0.2) is 0 Å². The highest BCUT2D eigenvalue weighted by Crippen LogP contribution is 2.18. The first-order valence-electron chi connectivity index (χ1n) is 3.64. The fourth-order valence-electron chi connectivity index (χ4n) is 0.745. The molecule has 0 aromatic heterocycles. The minimum Gasteiger partial charge on any atom is -0.480 e. The Morgan fingerprint density at radius 2 is 2.08 bits per heavy atom. The van der Waals surface area contributed by atoms with Crippen molar-refractivity contribution in [2.75, 3.05) is 6.61 Å². The number of hydrogen-bond acceptors (Lipinski definition) is 4. The van der Waals surface area contributed by atoms with Crippen LogP contribution in [0.4, 0.5) is 0 Å². The van der Waals surface area contributed by atoms with Crippen LogP contribution in [0.1, 0.15) is 13.8 Å². The molecule has 0 radical (unpaired) electrons. The minimum atomic E-state index is -1.45. The second kappa shape index (κ2) is 3.84. The predicted molar refractivity (Wildman–Crippen MR) is 42.5 cm³/mol. The lowest BCUT2D eigenvalue weighted by Gasteiger charge is -2.30. The monoisotopic (exact) mass is 177 g/mol. The van der Waals surface area contributed by atoms with E-state index in [2.05, 4.69) is 0 Å². The second-order valence-electron chi connectivity index (χ2n) is 3.17. The molecule has 0 aliphatic heterocycles. The Kier molecular flexibility index (Phi) is 3.63. The molecule has 12 heavy (non-hydrogen) atoms. The van der Waals surface area contributed by atoms with Crippen LogP contribution >= 0.6 is 0 Å². The summed E-state index contributed by atoms with van der Waals surface area (Å²) in [6, 6.07) is -1.16. The average Bonchev–Trinajstić information content (AvgIpc) is 2.01. The molecule has 0 aliphatic carbocycles. The molecule has 1 unspecified atom stereocenters. The summed E-state index contributed by atoms with van der Waals surface area (Å²) in [5.41, 5.74) is 3.80. The van der Waals surface area contributed by atoms with Crippen molar-refractivity contribution >= 4 is 5.97 Å². The molecule has 0 saturated heterocycles. The molecule has 0 heterocycles. The topological polar surface area (TPSA) is 104 Å². The summed E-state index contributed by atoms with van der Waals surface area (Å²) in [6.45, 7) is 2.32. The van der Waals surface area contributed by atoms with Crippen molar-refractivity contribution in [2.45, 2.75) is 25.5 Å². The van der Waals surface area contributed by atoms with Gasteiger partial charge in [0.15, 0.2) is 0 Å². The maximum atomic E-state index is 10.4. The van der Waals surface area contributed by atoms with Gasteiger partial charge in [0, 0.05) is 5.92 Å². The van der Waals surface area contributed by atoms with Gasteiger partial charge < -0.3 is 21.1 Å². The molecule has 0 spiro atoms. The van der Waals surface area contributed by atoms with Crippen LogP contribution < -0.4 is 5.73 Å². The maximum absolute atomic E-state index is 10.4. The van der Waals surface area contributed by atoms with Crippen molar-refractivity contribution in [3.8, 4) is 0 Å². The van der Waals surface area contributed by atoms with Gasteiger partial charge in [-0.2, -0.15) is 0 Å². The zero-order valence-electron chi connectivity index (χ0n) is 7.19. The Morgan fingerprint density at radius 3 is 2.33 bits per heavy atom. The quantitative estimate of drug-likeness (QED) is 0.431. The van der Waals surface area contributed by atoms with Crippen LogP contribution in [-0.2, 0) is 4.79 Å². The predicted octanol–water partition coefficient (Wildman–Crippen LogP) is -1.22. The Hall–Kier alpha value is -0.650. The highest BCUT2D eigenvalue weighted by molar-refractivity contribution is 5.73. The van der Waals surface area contributed by atoms with Gasteiger partial charge in [0.1, 0.15) is 6.04 Å². The van der Waals surface area contributed by atoms with E-state index in [4.69, 9.17) is 15.9 Å². The Labute approximate surface area is 70.8 Å². The van der Waals surface area contributed by atoms with Gasteiger partial charge in [-0.3, -0.25) is 4.79 Å². The van der Waals surface area contributed by atoms with Crippen molar-refractivity contribution in [3.63, 3.8) is 0 Å². The van der Waals surface area contributed by atoms with Crippen molar-refractivity contribution in [1.82, 2.24) is 0 Å².